The third-order valence-corrected chi connectivity index (χ3v) is 3.71. The summed E-state index contributed by atoms with van der Waals surface area (Å²) >= 11 is 1.52. The number of carbonyl (C=O) groups is 1. The number of benzene rings is 1. The van der Waals surface area contributed by atoms with Crippen LogP contribution in [0.25, 0.3) is 6.08 Å². The standard InChI is InChI=1S/C16H18N2O3S/c1-3-21-15-6-4-13(8-12(15)10-19)18-16(20)7-5-14-9-17-11(2)22-14/h4-9,19H,3,10H2,1-2H3,(H,18,20)/b7-5+. The van der Waals surface area contributed by atoms with Gasteiger partial charge in [-0.05, 0) is 38.1 Å². The van der Waals surface area contributed by atoms with E-state index in [0.29, 0.717) is 23.6 Å². The fraction of sp³-hybridized carbons (Fsp3) is 0.250. The van der Waals surface area contributed by atoms with E-state index in [0.717, 1.165) is 9.88 Å². The molecule has 2 N–H and O–H groups in total. The first-order chi connectivity index (χ1) is 10.6. The first-order valence-corrected chi connectivity index (χ1v) is 7.72. The van der Waals surface area contributed by atoms with Crippen molar-refractivity contribution in [3.8, 4) is 5.75 Å². The van der Waals surface area contributed by atoms with Gasteiger partial charge >= 0.3 is 0 Å². The molecule has 0 unspecified atom stereocenters. The molecule has 116 valence electrons. The minimum atomic E-state index is -0.237. The van der Waals surface area contributed by atoms with E-state index in [2.05, 4.69) is 10.3 Å². The number of anilines is 1. The van der Waals surface area contributed by atoms with Crippen molar-refractivity contribution in [2.24, 2.45) is 0 Å². The number of aryl methyl sites for hydroxylation is 1. The second kappa shape index (κ2) is 7.72. The Balaban J connectivity index is 2.03. The largest absolute Gasteiger partial charge is 0.494 e. The van der Waals surface area contributed by atoms with E-state index in [4.69, 9.17) is 4.74 Å². The number of rotatable bonds is 6. The number of amides is 1. The highest BCUT2D eigenvalue weighted by molar-refractivity contribution is 7.12. The van der Waals surface area contributed by atoms with Gasteiger partial charge in [0.2, 0.25) is 5.91 Å². The maximum absolute atomic E-state index is 11.9. The van der Waals surface area contributed by atoms with Crippen LogP contribution in [0.1, 0.15) is 22.4 Å². The number of ether oxygens (including phenoxy) is 1. The van der Waals surface area contributed by atoms with Crippen LogP contribution in [0.4, 0.5) is 5.69 Å². The summed E-state index contributed by atoms with van der Waals surface area (Å²) in [6.07, 6.45) is 4.91. The van der Waals surface area contributed by atoms with Crippen LogP contribution in [0.5, 0.6) is 5.75 Å². The molecule has 0 spiro atoms. The Labute approximate surface area is 133 Å². The lowest BCUT2D eigenvalue weighted by Crippen LogP contribution is -2.08. The van der Waals surface area contributed by atoms with E-state index >= 15 is 0 Å². The van der Waals surface area contributed by atoms with Crippen LogP contribution in [0.15, 0.2) is 30.5 Å². The molecule has 0 saturated carbocycles. The molecule has 0 atom stereocenters. The van der Waals surface area contributed by atoms with Gasteiger partial charge in [0.1, 0.15) is 5.75 Å². The highest BCUT2D eigenvalue weighted by Gasteiger charge is 2.05. The van der Waals surface area contributed by atoms with Gasteiger partial charge in [-0.2, -0.15) is 0 Å². The second-order valence-electron chi connectivity index (χ2n) is 4.52. The summed E-state index contributed by atoms with van der Waals surface area (Å²) < 4.78 is 5.40. The molecule has 1 heterocycles. The Kier molecular flexibility index (Phi) is 5.68. The maximum Gasteiger partial charge on any atom is 0.248 e. The summed E-state index contributed by atoms with van der Waals surface area (Å²) in [5.74, 6) is 0.387. The highest BCUT2D eigenvalue weighted by Crippen LogP contribution is 2.23. The van der Waals surface area contributed by atoms with Crippen LogP contribution in [-0.2, 0) is 11.4 Å². The van der Waals surface area contributed by atoms with Crippen molar-refractivity contribution >= 4 is 29.0 Å². The number of carbonyl (C=O) groups excluding carboxylic acids is 1. The van der Waals surface area contributed by atoms with Crippen molar-refractivity contribution in [2.45, 2.75) is 20.5 Å². The van der Waals surface area contributed by atoms with Gasteiger partial charge < -0.3 is 15.2 Å². The van der Waals surface area contributed by atoms with E-state index in [1.165, 1.54) is 17.4 Å². The van der Waals surface area contributed by atoms with Crippen molar-refractivity contribution in [3.05, 3.63) is 45.9 Å². The Bertz CT molecular complexity index is 680. The molecule has 1 aromatic heterocycles. The molecule has 5 nitrogen and oxygen atoms in total. The van der Waals surface area contributed by atoms with Crippen LogP contribution in [0.3, 0.4) is 0 Å². The molecule has 0 aliphatic heterocycles. The number of aliphatic hydroxyl groups excluding tert-OH is 1. The van der Waals surface area contributed by atoms with Gasteiger partial charge in [-0.1, -0.05) is 0 Å². The number of hydrogen-bond acceptors (Lipinski definition) is 5. The zero-order chi connectivity index (χ0) is 15.9. The topological polar surface area (TPSA) is 71.5 Å². The first-order valence-electron chi connectivity index (χ1n) is 6.90. The Morgan fingerprint density at radius 1 is 1.50 bits per heavy atom. The third kappa shape index (κ3) is 4.41. The van der Waals surface area contributed by atoms with Crippen LogP contribution in [0.2, 0.25) is 0 Å². The first kappa shape index (κ1) is 16.2. The lowest BCUT2D eigenvalue weighted by atomic mass is 10.2. The predicted octanol–water partition coefficient (Wildman–Crippen LogP) is 2.99. The second-order valence-corrected chi connectivity index (χ2v) is 5.78. The number of thiazole rings is 1. The van der Waals surface area contributed by atoms with Gasteiger partial charge in [-0.15, -0.1) is 11.3 Å². The zero-order valence-corrected chi connectivity index (χ0v) is 13.3. The smallest absolute Gasteiger partial charge is 0.248 e. The van der Waals surface area contributed by atoms with Crippen molar-refractivity contribution in [2.75, 3.05) is 11.9 Å². The molecule has 1 amide bonds. The minimum absolute atomic E-state index is 0.144. The molecule has 22 heavy (non-hydrogen) atoms. The van der Waals surface area contributed by atoms with Crippen LogP contribution < -0.4 is 10.1 Å². The van der Waals surface area contributed by atoms with E-state index in [1.807, 2.05) is 13.8 Å². The summed E-state index contributed by atoms with van der Waals surface area (Å²) in [4.78, 5) is 16.9. The molecule has 1 aromatic carbocycles. The van der Waals surface area contributed by atoms with Gasteiger partial charge in [0.25, 0.3) is 0 Å². The summed E-state index contributed by atoms with van der Waals surface area (Å²) in [6.45, 7) is 4.17. The van der Waals surface area contributed by atoms with Crippen LogP contribution >= 0.6 is 11.3 Å². The van der Waals surface area contributed by atoms with Crippen molar-refractivity contribution in [1.29, 1.82) is 0 Å². The molecule has 0 aliphatic carbocycles. The number of aromatic nitrogens is 1. The molecule has 0 fully saturated rings. The van der Waals surface area contributed by atoms with Gasteiger partial charge in [0.05, 0.1) is 18.2 Å². The molecule has 0 aliphatic rings. The fourth-order valence-electron chi connectivity index (χ4n) is 1.87. The van der Waals surface area contributed by atoms with E-state index in [-0.39, 0.29) is 12.5 Å². The van der Waals surface area contributed by atoms with Crippen molar-refractivity contribution in [3.63, 3.8) is 0 Å². The van der Waals surface area contributed by atoms with E-state index in [1.54, 1.807) is 30.5 Å². The molecule has 2 rings (SSSR count). The molecular weight excluding hydrogens is 300 g/mol. The Morgan fingerprint density at radius 2 is 2.32 bits per heavy atom. The van der Waals surface area contributed by atoms with Crippen molar-refractivity contribution in [1.82, 2.24) is 4.98 Å². The van der Waals surface area contributed by atoms with Crippen LogP contribution in [-0.4, -0.2) is 22.6 Å². The lowest BCUT2D eigenvalue weighted by Gasteiger charge is -2.10. The lowest BCUT2D eigenvalue weighted by molar-refractivity contribution is -0.111. The summed E-state index contributed by atoms with van der Waals surface area (Å²) in [5.41, 5.74) is 1.25. The average molecular weight is 318 g/mol. The average Bonchev–Trinajstić information content (AvgIpc) is 2.92. The summed E-state index contributed by atoms with van der Waals surface area (Å²) in [7, 11) is 0. The molecule has 0 bridgehead atoms. The highest BCUT2D eigenvalue weighted by atomic mass is 32.1. The molecule has 0 saturated heterocycles. The van der Waals surface area contributed by atoms with E-state index < -0.39 is 0 Å². The normalized spacial score (nSPS) is 10.9. The Morgan fingerprint density at radius 3 is 2.95 bits per heavy atom. The molecular formula is C16H18N2O3S. The monoisotopic (exact) mass is 318 g/mol. The SMILES string of the molecule is CCOc1ccc(NC(=O)/C=C/c2cnc(C)s2)cc1CO. The zero-order valence-electron chi connectivity index (χ0n) is 12.5. The summed E-state index contributed by atoms with van der Waals surface area (Å²) in [5, 5.41) is 13.1. The summed E-state index contributed by atoms with van der Waals surface area (Å²) in [6, 6.07) is 5.18. The minimum Gasteiger partial charge on any atom is -0.494 e. The van der Waals surface area contributed by atoms with Gasteiger partial charge in [-0.3, -0.25) is 4.79 Å². The number of hydrogen-bond donors (Lipinski definition) is 2. The van der Waals surface area contributed by atoms with E-state index in [9.17, 15) is 9.90 Å². The van der Waals surface area contributed by atoms with Gasteiger partial charge in [0.15, 0.2) is 0 Å². The van der Waals surface area contributed by atoms with Crippen molar-refractivity contribution < 1.29 is 14.6 Å². The van der Waals surface area contributed by atoms with Gasteiger partial charge in [0, 0.05) is 28.4 Å². The fourth-order valence-corrected chi connectivity index (χ4v) is 2.56. The number of nitrogens with zero attached hydrogens (tertiary/aromatic N) is 1. The van der Waals surface area contributed by atoms with Gasteiger partial charge in [-0.25, -0.2) is 4.98 Å². The molecule has 2 aromatic rings. The maximum atomic E-state index is 11.9. The molecule has 0 radical (unpaired) electrons. The predicted molar refractivity (Wildman–Crippen MR) is 88.0 cm³/mol. The number of aliphatic hydroxyl groups is 1. The number of nitrogens with one attached hydrogen (secondary N) is 1. The Hall–Kier alpha value is -2.18. The molecule has 6 heteroatoms. The quantitative estimate of drug-likeness (QED) is 0.803. The van der Waals surface area contributed by atoms with Crippen LogP contribution in [0, 0.1) is 6.92 Å². The third-order valence-electron chi connectivity index (χ3n) is 2.84.